The Labute approximate surface area is 96.9 Å². The molecule has 0 aromatic heterocycles. The number of piperidine rings is 1. The van der Waals surface area contributed by atoms with E-state index in [9.17, 15) is 4.79 Å². The second-order valence-corrected chi connectivity index (χ2v) is 4.27. The van der Waals surface area contributed by atoms with Crippen LogP contribution in [0.3, 0.4) is 0 Å². The summed E-state index contributed by atoms with van der Waals surface area (Å²) in [7, 11) is 1.61. The van der Waals surface area contributed by atoms with Crippen LogP contribution in [0.25, 0.3) is 0 Å². The molecule has 2 atom stereocenters. The van der Waals surface area contributed by atoms with Gasteiger partial charge in [-0.25, -0.2) is 0 Å². The fourth-order valence-corrected chi connectivity index (χ4v) is 1.96. The van der Waals surface area contributed by atoms with Gasteiger partial charge in [-0.15, -0.1) is 0 Å². The quantitative estimate of drug-likeness (QED) is 0.675. The summed E-state index contributed by atoms with van der Waals surface area (Å²) in [5.74, 6) is 0.0514. The summed E-state index contributed by atoms with van der Waals surface area (Å²) in [6, 6.07) is 0.454. The number of carbonyl (C=O) groups excluding carboxylic acids is 1. The minimum Gasteiger partial charge on any atom is -0.382 e. The van der Waals surface area contributed by atoms with Crippen LogP contribution in [0.4, 0.5) is 0 Å². The Morgan fingerprint density at radius 1 is 1.50 bits per heavy atom. The van der Waals surface area contributed by atoms with Crippen LogP contribution in [0.1, 0.15) is 19.8 Å². The number of nitrogens with two attached hydrogens (primary N) is 1. The summed E-state index contributed by atoms with van der Waals surface area (Å²) in [5, 5.41) is 0. The Balaban J connectivity index is 2.25. The molecule has 0 spiro atoms. The highest BCUT2D eigenvalue weighted by Gasteiger charge is 2.26. The van der Waals surface area contributed by atoms with Gasteiger partial charge < -0.3 is 20.1 Å². The summed E-state index contributed by atoms with van der Waals surface area (Å²) < 4.78 is 10.1. The first kappa shape index (κ1) is 13.4. The van der Waals surface area contributed by atoms with Crippen LogP contribution >= 0.6 is 0 Å². The molecular formula is C11H22N2O3. The van der Waals surface area contributed by atoms with Crippen LogP contribution in [0.5, 0.6) is 0 Å². The van der Waals surface area contributed by atoms with Gasteiger partial charge in [-0.2, -0.15) is 0 Å². The van der Waals surface area contributed by atoms with Crippen molar-refractivity contribution >= 4 is 5.91 Å². The maximum absolute atomic E-state index is 11.8. The van der Waals surface area contributed by atoms with E-state index in [4.69, 9.17) is 15.2 Å². The average Bonchev–Trinajstić information content (AvgIpc) is 2.24. The zero-order valence-electron chi connectivity index (χ0n) is 10.1. The van der Waals surface area contributed by atoms with Gasteiger partial charge in [0.25, 0.3) is 0 Å². The molecule has 1 fully saturated rings. The number of ether oxygens (including phenoxy) is 2. The highest BCUT2D eigenvalue weighted by Crippen LogP contribution is 2.15. The van der Waals surface area contributed by atoms with Crippen LogP contribution in [0.2, 0.25) is 0 Å². The van der Waals surface area contributed by atoms with Crippen molar-refractivity contribution in [1.82, 2.24) is 4.90 Å². The zero-order valence-corrected chi connectivity index (χ0v) is 10.1. The number of rotatable bonds is 5. The van der Waals surface area contributed by atoms with E-state index >= 15 is 0 Å². The number of carbonyl (C=O) groups is 1. The molecule has 1 heterocycles. The smallest absolute Gasteiger partial charge is 0.248 e. The molecule has 0 radical (unpaired) electrons. The molecular weight excluding hydrogens is 208 g/mol. The largest absolute Gasteiger partial charge is 0.382 e. The number of hydrogen-bond donors (Lipinski definition) is 1. The van der Waals surface area contributed by atoms with Crippen molar-refractivity contribution in [2.24, 2.45) is 5.73 Å². The first-order valence-corrected chi connectivity index (χ1v) is 5.77. The van der Waals surface area contributed by atoms with Gasteiger partial charge in [-0.1, -0.05) is 0 Å². The Morgan fingerprint density at radius 3 is 2.88 bits per heavy atom. The molecule has 1 rings (SSSR count). The van der Waals surface area contributed by atoms with E-state index in [0.29, 0.717) is 13.2 Å². The summed E-state index contributed by atoms with van der Waals surface area (Å²) in [5.41, 5.74) is 5.84. The van der Waals surface area contributed by atoms with Gasteiger partial charge in [0.1, 0.15) is 6.61 Å². The Morgan fingerprint density at radius 2 is 2.25 bits per heavy atom. The average molecular weight is 230 g/mol. The maximum atomic E-state index is 11.8. The molecule has 94 valence electrons. The van der Waals surface area contributed by atoms with Gasteiger partial charge in [-0.3, -0.25) is 4.79 Å². The molecule has 0 bridgehead atoms. The first-order valence-electron chi connectivity index (χ1n) is 5.77. The fraction of sp³-hybridized carbons (Fsp3) is 0.909. The number of likely N-dealkylation sites (tertiary alicyclic amines) is 1. The van der Waals surface area contributed by atoms with E-state index < -0.39 is 0 Å². The molecule has 0 aliphatic carbocycles. The third-order valence-electron chi connectivity index (χ3n) is 2.89. The molecule has 16 heavy (non-hydrogen) atoms. The fourth-order valence-electron chi connectivity index (χ4n) is 1.96. The van der Waals surface area contributed by atoms with Crippen LogP contribution in [0.15, 0.2) is 0 Å². The van der Waals surface area contributed by atoms with Crippen LogP contribution in [0, 0.1) is 0 Å². The molecule has 1 saturated heterocycles. The molecule has 1 amide bonds. The molecule has 5 heteroatoms. The molecule has 5 nitrogen and oxygen atoms in total. The van der Waals surface area contributed by atoms with Gasteiger partial charge in [0, 0.05) is 25.7 Å². The molecule has 2 unspecified atom stereocenters. The lowest BCUT2D eigenvalue weighted by Crippen LogP contribution is -2.49. The van der Waals surface area contributed by atoms with Crippen LogP contribution in [-0.2, 0) is 14.3 Å². The molecule has 1 aliphatic rings. The van der Waals surface area contributed by atoms with E-state index in [1.807, 2.05) is 11.8 Å². The predicted molar refractivity (Wildman–Crippen MR) is 61.1 cm³/mol. The van der Waals surface area contributed by atoms with Crippen molar-refractivity contribution in [3.8, 4) is 0 Å². The van der Waals surface area contributed by atoms with E-state index in [1.54, 1.807) is 7.11 Å². The van der Waals surface area contributed by atoms with Gasteiger partial charge in [0.2, 0.25) is 5.91 Å². The SMILES string of the molecule is COCCOCC(=O)N1CCC(N)CC1C. The number of methoxy groups -OCH3 is 1. The highest BCUT2D eigenvalue weighted by molar-refractivity contribution is 5.77. The van der Waals surface area contributed by atoms with Crippen molar-refractivity contribution < 1.29 is 14.3 Å². The van der Waals surface area contributed by atoms with Gasteiger partial charge >= 0.3 is 0 Å². The minimum atomic E-state index is 0.0514. The lowest BCUT2D eigenvalue weighted by atomic mass is 9.99. The molecule has 1 aliphatic heterocycles. The second-order valence-electron chi connectivity index (χ2n) is 4.27. The normalized spacial score (nSPS) is 25.8. The van der Waals surface area contributed by atoms with Gasteiger partial charge in [-0.05, 0) is 19.8 Å². The molecule has 0 aromatic carbocycles. The summed E-state index contributed by atoms with van der Waals surface area (Å²) in [6.07, 6.45) is 1.76. The van der Waals surface area contributed by atoms with Crippen molar-refractivity contribution in [2.45, 2.75) is 31.8 Å². The van der Waals surface area contributed by atoms with Crippen molar-refractivity contribution in [1.29, 1.82) is 0 Å². The van der Waals surface area contributed by atoms with Gasteiger partial charge in [0.15, 0.2) is 0 Å². The molecule has 0 aromatic rings. The van der Waals surface area contributed by atoms with Crippen LogP contribution < -0.4 is 5.73 Å². The first-order chi connectivity index (χ1) is 7.65. The Kier molecular flexibility index (Phi) is 5.73. The highest BCUT2D eigenvalue weighted by atomic mass is 16.5. The lowest BCUT2D eigenvalue weighted by molar-refractivity contribution is -0.140. The third-order valence-corrected chi connectivity index (χ3v) is 2.89. The van der Waals surface area contributed by atoms with E-state index in [-0.39, 0.29) is 24.6 Å². The maximum Gasteiger partial charge on any atom is 0.248 e. The zero-order chi connectivity index (χ0) is 12.0. The lowest BCUT2D eigenvalue weighted by Gasteiger charge is -2.36. The number of amides is 1. The Bertz CT molecular complexity index is 223. The van der Waals surface area contributed by atoms with E-state index in [1.165, 1.54) is 0 Å². The van der Waals surface area contributed by atoms with Crippen LogP contribution in [-0.4, -0.2) is 56.4 Å². The Hall–Kier alpha value is -0.650. The number of nitrogens with zero attached hydrogens (tertiary/aromatic N) is 1. The summed E-state index contributed by atoms with van der Waals surface area (Å²) in [6.45, 7) is 3.90. The number of hydrogen-bond acceptors (Lipinski definition) is 4. The van der Waals surface area contributed by atoms with Gasteiger partial charge in [0.05, 0.1) is 13.2 Å². The summed E-state index contributed by atoms with van der Waals surface area (Å²) in [4.78, 5) is 13.7. The predicted octanol–water partition coefficient (Wildman–Crippen LogP) is -0.0124. The minimum absolute atomic E-state index is 0.0514. The molecule has 2 N–H and O–H groups in total. The third kappa shape index (κ3) is 4.08. The van der Waals surface area contributed by atoms with E-state index in [2.05, 4.69) is 0 Å². The molecule has 0 saturated carbocycles. The second kappa shape index (κ2) is 6.83. The van der Waals surface area contributed by atoms with Crippen molar-refractivity contribution in [3.05, 3.63) is 0 Å². The standard InChI is InChI=1S/C11H22N2O3/c1-9-7-10(12)3-4-13(9)11(14)8-16-6-5-15-2/h9-10H,3-8,12H2,1-2H3. The van der Waals surface area contributed by atoms with Crippen molar-refractivity contribution in [3.63, 3.8) is 0 Å². The topological polar surface area (TPSA) is 64.8 Å². The summed E-state index contributed by atoms with van der Waals surface area (Å²) >= 11 is 0. The van der Waals surface area contributed by atoms with Crippen molar-refractivity contribution in [2.75, 3.05) is 33.5 Å². The van der Waals surface area contributed by atoms with E-state index in [0.717, 1.165) is 19.4 Å². The monoisotopic (exact) mass is 230 g/mol.